The Kier molecular flexibility index (Phi) is 2.74. The molecule has 0 atom stereocenters. The van der Waals surface area contributed by atoms with Gasteiger partial charge < -0.3 is 5.11 Å². The molecular formula is C14H16O. The van der Waals surface area contributed by atoms with Crippen molar-refractivity contribution in [2.24, 2.45) is 0 Å². The molecule has 1 nitrogen and oxygen atoms in total. The van der Waals surface area contributed by atoms with Crippen molar-refractivity contribution in [2.45, 2.75) is 20.3 Å². The fourth-order valence-electron chi connectivity index (χ4n) is 1.93. The summed E-state index contributed by atoms with van der Waals surface area (Å²) in [6.45, 7) is 4.51. The average Bonchev–Trinajstić information content (AvgIpc) is 2.24. The topological polar surface area (TPSA) is 20.2 Å². The van der Waals surface area contributed by atoms with Crippen LogP contribution in [0.2, 0.25) is 0 Å². The van der Waals surface area contributed by atoms with E-state index < -0.39 is 0 Å². The highest BCUT2D eigenvalue weighted by Crippen LogP contribution is 2.22. The second-order valence-corrected chi connectivity index (χ2v) is 4.04. The van der Waals surface area contributed by atoms with Crippen LogP contribution in [0, 0.1) is 13.8 Å². The summed E-state index contributed by atoms with van der Waals surface area (Å²) in [5.41, 5.74) is 3.88. The maximum atomic E-state index is 8.89. The van der Waals surface area contributed by atoms with Crippen molar-refractivity contribution in [2.75, 3.05) is 6.61 Å². The van der Waals surface area contributed by atoms with Gasteiger partial charge in [-0.3, -0.25) is 0 Å². The van der Waals surface area contributed by atoms with Crippen molar-refractivity contribution in [1.82, 2.24) is 0 Å². The smallest absolute Gasteiger partial charge is 0.0471 e. The predicted octanol–water partition coefficient (Wildman–Crippen LogP) is 2.99. The normalized spacial score (nSPS) is 10.9. The number of fused-ring (bicyclic) bond motifs is 1. The Morgan fingerprint density at radius 3 is 2.60 bits per heavy atom. The third kappa shape index (κ3) is 1.88. The molecule has 0 spiro atoms. The minimum absolute atomic E-state index is 0.219. The SMILES string of the molecule is Cc1ccc2cc(CCO)ccc2c1C. The summed E-state index contributed by atoms with van der Waals surface area (Å²) in [4.78, 5) is 0. The molecule has 15 heavy (non-hydrogen) atoms. The molecule has 2 aromatic carbocycles. The van der Waals surface area contributed by atoms with Gasteiger partial charge in [0.1, 0.15) is 0 Å². The Hall–Kier alpha value is -1.34. The fraction of sp³-hybridized carbons (Fsp3) is 0.286. The van der Waals surface area contributed by atoms with Crippen LogP contribution in [0.3, 0.4) is 0 Å². The molecule has 0 radical (unpaired) electrons. The van der Waals surface area contributed by atoms with Crippen LogP contribution >= 0.6 is 0 Å². The van der Waals surface area contributed by atoms with E-state index in [2.05, 4.69) is 44.2 Å². The molecule has 0 aliphatic heterocycles. The third-order valence-corrected chi connectivity index (χ3v) is 3.02. The molecule has 1 heteroatoms. The number of aliphatic hydroxyl groups excluding tert-OH is 1. The molecule has 2 aromatic rings. The van der Waals surface area contributed by atoms with Crippen molar-refractivity contribution in [3.05, 3.63) is 47.0 Å². The second-order valence-electron chi connectivity index (χ2n) is 4.04. The first-order valence-corrected chi connectivity index (χ1v) is 5.32. The highest BCUT2D eigenvalue weighted by atomic mass is 16.2. The number of benzene rings is 2. The highest BCUT2D eigenvalue weighted by molar-refractivity contribution is 5.87. The lowest BCUT2D eigenvalue weighted by Gasteiger charge is -2.07. The van der Waals surface area contributed by atoms with Gasteiger partial charge in [0, 0.05) is 6.61 Å². The van der Waals surface area contributed by atoms with Crippen molar-refractivity contribution >= 4 is 10.8 Å². The number of aliphatic hydroxyl groups is 1. The van der Waals surface area contributed by atoms with Crippen LogP contribution < -0.4 is 0 Å². The summed E-state index contributed by atoms with van der Waals surface area (Å²) < 4.78 is 0. The van der Waals surface area contributed by atoms with Crippen molar-refractivity contribution in [3.8, 4) is 0 Å². The molecule has 0 aliphatic rings. The van der Waals surface area contributed by atoms with E-state index in [1.807, 2.05) is 0 Å². The van der Waals surface area contributed by atoms with E-state index in [1.54, 1.807) is 0 Å². The summed E-state index contributed by atoms with van der Waals surface area (Å²) in [5.74, 6) is 0. The fourth-order valence-corrected chi connectivity index (χ4v) is 1.93. The number of aryl methyl sites for hydroxylation is 2. The van der Waals surface area contributed by atoms with Crippen LogP contribution in [0.15, 0.2) is 30.3 Å². The summed E-state index contributed by atoms with van der Waals surface area (Å²) in [6.07, 6.45) is 0.739. The summed E-state index contributed by atoms with van der Waals surface area (Å²) in [6, 6.07) is 10.7. The Labute approximate surface area is 90.4 Å². The molecule has 0 aromatic heterocycles. The van der Waals surface area contributed by atoms with E-state index in [1.165, 1.54) is 27.5 Å². The van der Waals surface area contributed by atoms with Crippen molar-refractivity contribution < 1.29 is 5.11 Å². The Morgan fingerprint density at radius 1 is 1.07 bits per heavy atom. The second kappa shape index (κ2) is 4.03. The zero-order valence-electron chi connectivity index (χ0n) is 9.25. The Morgan fingerprint density at radius 2 is 1.87 bits per heavy atom. The van der Waals surface area contributed by atoms with E-state index in [4.69, 9.17) is 5.11 Å². The molecule has 0 aliphatic carbocycles. The molecule has 78 valence electrons. The Bertz CT molecular complexity index is 486. The Balaban J connectivity index is 2.59. The number of hydrogen-bond acceptors (Lipinski definition) is 1. The predicted molar refractivity (Wildman–Crippen MR) is 64.2 cm³/mol. The largest absolute Gasteiger partial charge is 0.396 e. The molecule has 1 N–H and O–H groups in total. The zero-order valence-corrected chi connectivity index (χ0v) is 9.25. The maximum Gasteiger partial charge on any atom is 0.0471 e. The summed E-state index contributed by atoms with van der Waals surface area (Å²) >= 11 is 0. The van der Waals surface area contributed by atoms with E-state index >= 15 is 0 Å². The monoisotopic (exact) mass is 200 g/mol. The van der Waals surface area contributed by atoms with E-state index in [0.717, 1.165) is 6.42 Å². The minimum atomic E-state index is 0.219. The molecule has 0 amide bonds. The first-order valence-electron chi connectivity index (χ1n) is 5.32. The molecule has 0 saturated heterocycles. The minimum Gasteiger partial charge on any atom is -0.396 e. The lowest BCUT2D eigenvalue weighted by molar-refractivity contribution is 0.299. The lowest BCUT2D eigenvalue weighted by atomic mass is 9.98. The molecular weight excluding hydrogens is 184 g/mol. The lowest BCUT2D eigenvalue weighted by Crippen LogP contribution is -1.91. The number of rotatable bonds is 2. The van der Waals surface area contributed by atoms with Crippen molar-refractivity contribution in [1.29, 1.82) is 0 Å². The summed E-state index contributed by atoms with van der Waals surface area (Å²) in [5, 5.41) is 11.5. The third-order valence-electron chi connectivity index (χ3n) is 3.02. The van der Waals surface area contributed by atoms with Gasteiger partial charge >= 0.3 is 0 Å². The van der Waals surface area contributed by atoms with Gasteiger partial charge in [0.05, 0.1) is 0 Å². The van der Waals surface area contributed by atoms with Gasteiger partial charge in [-0.1, -0.05) is 30.3 Å². The van der Waals surface area contributed by atoms with Gasteiger partial charge in [-0.2, -0.15) is 0 Å². The first kappa shape index (κ1) is 10.2. The zero-order chi connectivity index (χ0) is 10.8. The summed E-state index contributed by atoms with van der Waals surface area (Å²) in [7, 11) is 0. The van der Waals surface area contributed by atoms with Gasteiger partial charge in [-0.15, -0.1) is 0 Å². The van der Waals surface area contributed by atoms with E-state index in [0.29, 0.717) is 0 Å². The molecule has 0 unspecified atom stereocenters. The van der Waals surface area contributed by atoms with Gasteiger partial charge in [-0.05, 0) is 47.7 Å². The van der Waals surface area contributed by atoms with Crippen molar-refractivity contribution in [3.63, 3.8) is 0 Å². The van der Waals surface area contributed by atoms with Gasteiger partial charge in [0.2, 0.25) is 0 Å². The number of hydrogen-bond donors (Lipinski definition) is 1. The molecule has 0 heterocycles. The molecule has 2 rings (SSSR count). The van der Waals surface area contributed by atoms with Crippen LogP contribution in [0.25, 0.3) is 10.8 Å². The van der Waals surface area contributed by atoms with E-state index in [-0.39, 0.29) is 6.61 Å². The quantitative estimate of drug-likeness (QED) is 0.790. The van der Waals surface area contributed by atoms with Crippen LogP contribution in [0.5, 0.6) is 0 Å². The van der Waals surface area contributed by atoms with Gasteiger partial charge in [-0.25, -0.2) is 0 Å². The van der Waals surface area contributed by atoms with E-state index in [9.17, 15) is 0 Å². The van der Waals surface area contributed by atoms with Crippen LogP contribution in [-0.2, 0) is 6.42 Å². The molecule has 0 bridgehead atoms. The standard InChI is InChI=1S/C14H16O/c1-10-3-5-13-9-12(7-8-15)4-6-14(13)11(10)2/h3-6,9,15H,7-8H2,1-2H3. The average molecular weight is 200 g/mol. The van der Waals surface area contributed by atoms with Crippen LogP contribution in [-0.4, -0.2) is 11.7 Å². The van der Waals surface area contributed by atoms with Gasteiger partial charge in [0.25, 0.3) is 0 Å². The van der Waals surface area contributed by atoms with Gasteiger partial charge in [0.15, 0.2) is 0 Å². The highest BCUT2D eigenvalue weighted by Gasteiger charge is 2.01. The van der Waals surface area contributed by atoms with Crippen LogP contribution in [0.1, 0.15) is 16.7 Å². The first-order chi connectivity index (χ1) is 7.22. The molecule has 0 fully saturated rings. The molecule has 0 saturated carbocycles. The van der Waals surface area contributed by atoms with Crippen LogP contribution in [0.4, 0.5) is 0 Å². The maximum absolute atomic E-state index is 8.89.